The van der Waals surface area contributed by atoms with Crippen molar-refractivity contribution < 1.29 is 23.1 Å². The molecule has 1 unspecified atom stereocenters. The van der Waals surface area contributed by atoms with Crippen LogP contribution in [0, 0.1) is 5.92 Å². The zero-order valence-electron chi connectivity index (χ0n) is 11.5. The van der Waals surface area contributed by atoms with E-state index in [1.165, 1.54) is 32.4 Å². The molecule has 0 amide bonds. The molecule has 0 radical (unpaired) electrons. The second-order valence-corrected chi connectivity index (χ2v) is 6.48. The fourth-order valence-electron chi connectivity index (χ4n) is 1.63. The molecule has 0 heterocycles. The number of phenols is 1. The molecule has 0 fully saturated rings. The van der Waals surface area contributed by atoms with Crippen LogP contribution in [0.25, 0.3) is 0 Å². The predicted molar refractivity (Wildman–Crippen MR) is 73.5 cm³/mol. The zero-order chi connectivity index (χ0) is 15.5. The molecule has 1 atom stereocenters. The Morgan fingerprint density at radius 3 is 2.60 bits per heavy atom. The number of carbonyl (C=O) groups excluding carboxylic acids is 1. The molecule has 0 aliphatic heterocycles. The monoisotopic (exact) mass is 302 g/mol. The molecule has 3 N–H and O–H groups in total. The van der Waals surface area contributed by atoms with Crippen LogP contribution in [0.3, 0.4) is 0 Å². The number of nitrogens with zero attached hydrogens (tertiary/aromatic N) is 1. The van der Waals surface area contributed by atoms with E-state index in [9.17, 15) is 18.3 Å². The van der Waals surface area contributed by atoms with Crippen LogP contribution in [0.2, 0.25) is 0 Å². The second-order valence-electron chi connectivity index (χ2n) is 4.43. The fraction of sp³-hybridized carbons (Fsp3) is 0.417. The van der Waals surface area contributed by atoms with Crippen LogP contribution in [-0.2, 0) is 19.6 Å². The number of anilines is 1. The number of nitrogen functional groups attached to an aromatic ring is 1. The number of sulfonamides is 1. The van der Waals surface area contributed by atoms with Crippen molar-refractivity contribution in [2.45, 2.75) is 11.8 Å². The van der Waals surface area contributed by atoms with E-state index >= 15 is 0 Å². The van der Waals surface area contributed by atoms with Crippen LogP contribution in [0.5, 0.6) is 5.75 Å². The molecular formula is C12H18N2O5S. The second kappa shape index (κ2) is 6.10. The number of phenolic OH excluding ortho intramolecular Hbond substituents is 1. The quantitative estimate of drug-likeness (QED) is 0.463. The molecule has 7 nitrogen and oxygen atoms in total. The molecule has 1 aromatic carbocycles. The molecule has 0 aliphatic carbocycles. The number of carbonyl (C=O) groups is 1. The summed E-state index contributed by atoms with van der Waals surface area (Å²) in [6.07, 6.45) is 0. The van der Waals surface area contributed by atoms with E-state index in [-0.39, 0.29) is 22.9 Å². The Bertz CT molecular complexity index is 600. The average molecular weight is 302 g/mol. The molecule has 0 spiro atoms. The lowest BCUT2D eigenvalue weighted by molar-refractivity contribution is -0.144. The third-order valence-electron chi connectivity index (χ3n) is 2.84. The number of nitrogens with two attached hydrogens (primary N) is 1. The molecule has 1 aromatic rings. The van der Waals surface area contributed by atoms with Gasteiger partial charge < -0.3 is 15.6 Å². The Labute approximate surface area is 118 Å². The van der Waals surface area contributed by atoms with Gasteiger partial charge in [-0.3, -0.25) is 4.79 Å². The van der Waals surface area contributed by atoms with Crippen molar-refractivity contribution in [3.05, 3.63) is 18.2 Å². The maximum absolute atomic E-state index is 12.3. The van der Waals surface area contributed by atoms with E-state index in [0.29, 0.717) is 0 Å². The summed E-state index contributed by atoms with van der Waals surface area (Å²) in [4.78, 5) is 11.3. The maximum atomic E-state index is 12.3. The number of rotatable bonds is 5. The van der Waals surface area contributed by atoms with E-state index in [4.69, 9.17) is 5.73 Å². The summed E-state index contributed by atoms with van der Waals surface area (Å²) >= 11 is 0. The Morgan fingerprint density at radius 2 is 2.10 bits per heavy atom. The minimum atomic E-state index is -3.78. The van der Waals surface area contributed by atoms with Gasteiger partial charge in [-0.2, -0.15) is 0 Å². The normalized spacial score (nSPS) is 13.2. The summed E-state index contributed by atoms with van der Waals surface area (Å²) in [7, 11) is -1.18. The molecule has 0 aliphatic rings. The minimum absolute atomic E-state index is 0.0181. The summed E-state index contributed by atoms with van der Waals surface area (Å²) in [6.45, 7) is 1.55. The fourth-order valence-corrected chi connectivity index (χ4v) is 2.93. The number of hydrogen-bond donors (Lipinski definition) is 2. The number of esters is 1. The predicted octanol–water partition coefficient (Wildman–Crippen LogP) is 0.404. The molecule has 1 rings (SSSR count). The Hall–Kier alpha value is -1.80. The summed E-state index contributed by atoms with van der Waals surface area (Å²) in [5.41, 5.74) is 5.45. The molecule has 20 heavy (non-hydrogen) atoms. The molecular weight excluding hydrogens is 284 g/mol. The third-order valence-corrected chi connectivity index (χ3v) is 4.66. The van der Waals surface area contributed by atoms with Crippen molar-refractivity contribution in [1.29, 1.82) is 0 Å². The van der Waals surface area contributed by atoms with Crippen LogP contribution in [0.15, 0.2) is 23.1 Å². The van der Waals surface area contributed by atoms with Crippen LogP contribution < -0.4 is 5.73 Å². The van der Waals surface area contributed by atoms with Crippen LogP contribution >= 0.6 is 0 Å². The van der Waals surface area contributed by atoms with E-state index in [0.717, 1.165) is 4.31 Å². The van der Waals surface area contributed by atoms with Crippen molar-refractivity contribution >= 4 is 21.7 Å². The van der Waals surface area contributed by atoms with Crippen molar-refractivity contribution in [2.24, 2.45) is 5.92 Å². The first-order valence-corrected chi connectivity index (χ1v) is 7.26. The van der Waals surface area contributed by atoms with Gasteiger partial charge >= 0.3 is 5.97 Å². The Balaban J connectivity index is 2.98. The van der Waals surface area contributed by atoms with Crippen LogP contribution in [0.4, 0.5) is 5.69 Å². The van der Waals surface area contributed by atoms with E-state index < -0.39 is 21.9 Å². The number of ether oxygens (including phenoxy) is 1. The van der Waals surface area contributed by atoms with Gasteiger partial charge in [-0.15, -0.1) is 0 Å². The number of hydrogen-bond acceptors (Lipinski definition) is 6. The minimum Gasteiger partial charge on any atom is -0.506 e. The van der Waals surface area contributed by atoms with Gasteiger partial charge in [-0.25, -0.2) is 12.7 Å². The molecule has 0 saturated carbocycles. The maximum Gasteiger partial charge on any atom is 0.309 e. The van der Waals surface area contributed by atoms with Gasteiger partial charge in [-0.05, 0) is 18.2 Å². The first-order valence-electron chi connectivity index (χ1n) is 5.82. The summed E-state index contributed by atoms with van der Waals surface area (Å²) in [5.74, 6) is -1.26. The van der Waals surface area contributed by atoms with Crippen molar-refractivity contribution in [3.63, 3.8) is 0 Å². The molecule has 0 aromatic heterocycles. The molecule has 112 valence electrons. The average Bonchev–Trinajstić information content (AvgIpc) is 2.40. The number of aromatic hydroxyl groups is 1. The van der Waals surface area contributed by atoms with Gasteiger partial charge in [0, 0.05) is 13.6 Å². The number of methoxy groups -OCH3 is 1. The largest absolute Gasteiger partial charge is 0.506 e. The van der Waals surface area contributed by atoms with E-state index in [2.05, 4.69) is 4.74 Å². The van der Waals surface area contributed by atoms with Gasteiger partial charge in [0.25, 0.3) is 0 Å². The van der Waals surface area contributed by atoms with E-state index in [1.54, 1.807) is 6.92 Å². The summed E-state index contributed by atoms with van der Waals surface area (Å²) in [5, 5.41) is 9.30. The first-order chi connectivity index (χ1) is 9.20. The highest BCUT2D eigenvalue weighted by Crippen LogP contribution is 2.25. The van der Waals surface area contributed by atoms with Crippen LogP contribution in [-0.4, -0.2) is 44.5 Å². The standard InChI is InChI=1S/C12H18N2O5S/c1-8(12(16)19-3)7-14(2)20(17,18)9-4-5-11(15)10(13)6-9/h4-6,8,15H,7,13H2,1-3H3. The third kappa shape index (κ3) is 3.40. The lowest BCUT2D eigenvalue weighted by Crippen LogP contribution is -2.34. The van der Waals surface area contributed by atoms with Crippen molar-refractivity contribution in [2.75, 3.05) is 26.4 Å². The van der Waals surface area contributed by atoms with Crippen LogP contribution in [0.1, 0.15) is 6.92 Å². The highest BCUT2D eigenvalue weighted by atomic mass is 32.2. The Morgan fingerprint density at radius 1 is 1.50 bits per heavy atom. The molecule has 0 saturated heterocycles. The van der Waals surface area contributed by atoms with Crippen molar-refractivity contribution in [3.8, 4) is 5.75 Å². The van der Waals surface area contributed by atoms with Gasteiger partial charge in [0.05, 0.1) is 23.6 Å². The van der Waals surface area contributed by atoms with Gasteiger partial charge in [0.2, 0.25) is 10.0 Å². The first kappa shape index (κ1) is 16.3. The van der Waals surface area contributed by atoms with Crippen molar-refractivity contribution in [1.82, 2.24) is 4.31 Å². The highest BCUT2D eigenvalue weighted by Gasteiger charge is 2.25. The molecule has 0 bridgehead atoms. The Kier molecular flexibility index (Phi) is 4.96. The number of benzene rings is 1. The topological polar surface area (TPSA) is 110 Å². The SMILES string of the molecule is COC(=O)C(C)CN(C)S(=O)(=O)c1ccc(O)c(N)c1. The highest BCUT2D eigenvalue weighted by molar-refractivity contribution is 7.89. The smallest absolute Gasteiger partial charge is 0.309 e. The van der Waals surface area contributed by atoms with Gasteiger partial charge in [-0.1, -0.05) is 6.92 Å². The molecule has 8 heteroatoms. The lowest BCUT2D eigenvalue weighted by Gasteiger charge is -2.20. The lowest BCUT2D eigenvalue weighted by atomic mass is 10.2. The summed E-state index contributed by atoms with van der Waals surface area (Å²) in [6, 6.07) is 3.63. The van der Waals surface area contributed by atoms with Gasteiger partial charge in [0.15, 0.2) is 0 Å². The summed E-state index contributed by atoms with van der Waals surface area (Å²) < 4.78 is 30.2. The van der Waals surface area contributed by atoms with Gasteiger partial charge in [0.1, 0.15) is 5.75 Å². The zero-order valence-corrected chi connectivity index (χ0v) is 12.3. The van der Waals surface area contributed by atoms with E-state index in [1.807, 2.05) is 0 Å².